The molecule has 2 atom stereocenters. The molecule has 2 rings (SSSR count). The number of carbonyl (C=O) groups excluding carboxylic acids is 1. The van der Waals surface area contributed by atoms with Crippen molar-refractivity contribution in [1.82, 2.24) is 0 Å². The van der Waals surface area contributed by atoms with Crippen LogP contribution in [-0.4, -0.2) is 11.8 Å². The molecule has 1 aliphatic rings. The molecule has 0 amide bonds. The second-order valence-corrected chi connectivity index (χ2v) is 4.73. The summed E-state index contributed by atoms with van der Waals surface area (Å²) in [5, 5.41) is 0. The van der Waals surface area contributed by atoms with E-state index in [1.165, 1.54) is 12.1 Å². The molecular weight excluding hydrogens is 255 g/mol. The maximum Gasteiger partial charge on any atom is 0.416 e. The molecule has 0 bridgehead atoms. The number of benzene rings is 1. The normalized spacial score (nSPS) is 22.7. The van der Waals surface area contributed by atoms with Gasteiger partial charge in [-0.2, -0.15) is 13.2 Å². The van der Waals surface area contributed by atoms with E-state index in [0.717, 1.165) is 12.1 Å². The van der Waals surface area contributed by atoms with Gasteiger partial charge in [-0.15, -0.1) is 0 Å². The molecule has 0 spiro atoms. The predicted octanol–water partition coefficient (Wildman–Crippen LogP) is 2.72. The number of ketones is 1. The van der Waals surface area contributed by atoms with Crippen LogP contribution in [0.25, 0.3) is 0 Å². The van der Waals surface area contributed by atoms with Gasteiger partial charge in [0.15, 0.2) is 0 Å². The van der Waals surface area contributed by atoms with Crippen LogP contribution in [0.3, 0.4) is 0 Å². The summed E-state index contributed by atoms with van der Waals surface area (Å²) < 4.78 is 37.1. The quantitative estimate of drug-likeness (QED) is 0.857. The van der Waals surface area contributed by atoms with E-state index in [4.69, 9.17) is 5.73 Å². The molecule has 2 nitrogen and oxygen atoms in total. The SMILES string of the molecule is NC1C=CC(C(=O)Cc2ccc(C(F)(F)F)cc2)C1. The summed E-state index contributed by atoms with van der Waals surface area (Å²) in [7, 11) is 0. The van der Waals surface area contributed by atoms with Crippen LogP contribution in [0, 0.1) is 5.92 Å². The number of rotatable bonds is 3. The van der Waals surface area contributed by atoms with Gasteiger partial charge in [0, 0.05) is 18.4 Å². The number of hydrogen-bond acceptors (Lipinski definition) is 2. The summed E-state index contributed by atoms with van der Waals surface area (Å²) in [6, 6.07) is 4.60. The topological polar surface area (TPSA) is 43.1 Å². The molecule has 19 heavy (non-hydrogen) atoms. The van der Waals surface area contributed by atoms with E-state index in [-0.39, 0.29) is 24.2 Å². The summed E-state index contributed by atoms with van der Waals surface area (Å²) in [5.74, 6) is -0.221. The Bertz CT molecular complexity index is 490. The van der Waals surface area contributed by atoms with Crippen molar-refractivity contribution in [2.45, 2.75) is 25.1 Å². The first kappa shape index (κ1) is 13.8. The number of alkyl halides is 3. The van der Waals surface area contributed by atoms with Gasteiger partial charge in [0.1, 0.15) is 5.78 Å². The minimum Gasteiger partial charge on any atom is -0.324 e. The monoisotopic (exact) mass is 269 g/mol. The lowest BCUT2D eigenvalue weighted by Gasteiger charge is -2.10. The van der Waals surface area contributed by atoms with Crippen LogP contribution >= 0.6 is 0 Å². The van der Waals surface area contributed by atoms with Crippen molar-refractivity contribution < 1.29 is 18.0 Å². The first-order chi connectivity index (χ1) is 8.86. The number of nitrogens with two attached hydrogens (primary N) is 1. The van der Waals surface area contributed by atoms with Gasteiger partial charge in [0.25, 0.3) is 0 Å². The Morgan fingerprint density at radius 3 is 2.32 bits per heavy atom. The van der Waals surface area contributed by atoms with E-state index in [1.54, 1.807) is 12.2 Å². The molecule has 1 aromatic rings. The molecule has 0 saturated heterocycles. The number of allylic oxidation sites excluding steroid dienone is 1. The Balaban J connectivity index is 2.00. The lowest BCUT2D eigenvalue weighted by atomic mass is 9.96. The summed E-state index contributed by atoms with van der Waals surface area (Å²) >= 11 is 0. The fraction of sp³-hybridized carbons (Fsp3) is 0.357. The van der Waals surface area contributed by atoms with Gasteiger partial charge in [-0.05, 0) is 24.1 Å². The Kier molecular flexibility index (Phi) is 3.75. The zero-order chi connectivity index (χ0) is 14.0. The maximum atomic E-state index is 12.4. The highest BCUT2D eigenvalue weighted by molar-refractivity contribution is 5.85. The smallest absolute Gasteiger partial charge is 0.324 e. The summed E-state index contributed by atoms with van der Waals surface area (Å²) in [5.41, 5.74) is 5.55. The summed E-state index contributed by atoms with van der Waals surface area (Å²) in [6.07, 6.45) is -0.0603. The van der Waals surface area contributed by atoms with E-state index in [9.17, 15) is 18.0 Å². The standard InChI is InChI=1S/C14H14F3NO/c15-14(16,17)11-4-1-9(2-5-11)7-13(19)10-3-6-12(18)8-10/h1-6,10,12H,7-8,18H2. The predicted molar refractivity (Wildman–Crippen MR) is 65.4 cm³/mol. The van der Waals surface area contributed by atoms with E-state index in [0.29, 0.717) is 12.0 Å². The van der Waals surface area contributed by atoms with Crippen molar-refractivity contribution in [3.63, 3.8) is 0 Å². The third kappa shape index (κ3) is 3.44. The molecule has 0 aliphatic heterocycles. The minimum atomic E-state index is -4.34. The van der Waals surface area contributed by atoms with Crippen LogP contribution < -0.4 is 5.73 Å². The van der Waals surface area contributed by atoms with Gasteiger partial charge in [0.2, 0.25) is 0 Å². The van der Waals surface area contributed by atoms with Gasteiger partial charge in [0.05, 0.1) is 5.56 Å². The van der Waals surface area contributed by atoms with Crippen LogP contribution in [0.5, 0.6) is 0 Å². The van der Waals surface area contributed by atoms with Crippen molar-refractivity contribution in [3.05, 3.63) is 47.5 Å². The van der Waals surface area contributed by atoms with Crippen molar-refractivity contribution >= 4 is 5.78 Å². The van der Waals surface area contributed by atoms with Gasteiger partial charge in [-0.25, -0.2) is 0 Å². The van der Waals surface area contributed by atoms with E-state index in [1.807, 2.05) is 0 Å². The molecule has 5 heteroatoms. The maximum absolute atomic E-state index is 12.4. The first-order valence-corrected chi connectivity index (χ1v) is 5.99. The van der Waals surface area contributed by atoms with Crippen molar-refractivity contribution in [1.29, 1.82) is 0 Å². The average Bonchev–Trinajstić information content (AvgIpc) is 2.75. The van der Waals surface area contributed by atoms with Crippen molar-refractivity contribution in [2.24, 2.45) is 11.7 Å². The zero-order valence-electron chi connectivity index (χ0n) is 10.2. The lowest BCUT2D eigenvalue weighted by molar-refractivity contribution is -0.137. The Morgan fingerprint density at radius 2 is 1.84 bits per heavy atom. The number of halogens is 3. The van der Waals surface area contributed by atoms with Crippen molar-refractivity contribution in [3.8, 4) is 0 Å². The van der Waals surface area contributed by atoms with Crippen molar-refractivity contribution in [2.75, 3.05) is 0 Å². The fourth-order valence-electron chi connectivity index (χ4n) is 2.11. The van der Waals surface area contributed by atoms with E-state index >= 15 is 0 Å². The highest BCUT2D eigenvalue weighted by atomic mass is 19.4. The third-order valence-corrected chi connectivity index (χ3v) is 3.19. The fourth-order valence-corrected chi connectivity index (χ4v) is 2.11. The molecule has 102 valence electrons. The van der Waals surface area contributed by atoms with E-state index in [2.05, 4.69) is 0 Å². The number of carbonyl (C=O) groups is 1. The van der Waals surface area contributed by atoms with Gasteiger partial charge in [-0.1, -0.05) is 24.3 Å². The second kappa shape index (κ2) is 5.17. The molecule has 0 heterocycles. The number of hydrogen-bond donors (Lipinski definition) is 1. The highest BCUT2D eigenvalue weighted by Gasteiger charge is 2.30. The van der Waals surface area contributed by atoms with Crippen LogP contribution in [0.2, 0.25) is 0 Å². The van der Waals surface area contributed by atoms with Crippen LogP contribution in [0.1, 0.15) is 17.5 Å². The Labute approximate surface area is 109 Å². The Morgan fingerprint density at radius 1 is 1.21 bits per heavy atom. The van der Waals surface area contributed by atoms with Crippen LogP contribution in [-0.2, 0) is 17.4 Å². The Hall–Kier alpha value is -1.62. The van der Waals surface area contributed by atoms with Crippen LogP contribution in [0.15, 0.2) is 36.4 Å². The van der Waals surface area contributed by atoms with Gasteiger partial charge < -0.3 is 5.73 Å². The molecular formula is C14H14F3NO. The molecule has 0 saturated carbocycles. The summed E-state index contributed by atoms with van der Waals surface area (Å²) in [6.45, 7) is 0. The average molecular weight is 269 g/mol. The lowest BCUT2D eigenvalue weighted by Crippen LogP contribution is -2.20. The molecule has 2 N–H and O–H groups in total. The molecule has 0 fully saturated rings. The summed E-state index contributed by atoms with van der Waals surface area (Å²) in [4.78, 5) is 11.9. The van der Waals surface area contributed by atoms with Gasteiger partial charge >= 0.3 is 6.18 Å². The molecule has 1 aliphatic carbocycles. The first-order valence-electron chi connectivity index (χ1n) is 5.99. The third-order valence-electron chi connectivity index (χ3n) is 3.19. The second-order valence-electron chi connectivity index (χ2n) is 4.73. The zero-order valence-corrected chi connectivity index (χ0v) is 10.2. The largest absolute Gasteiger partial charge is 0.416 e. The molecule has 0 radical (unpaired) electrons. The van der Waals surface area contributed by atoms with E-state index < -0.39 is 11.7 Å². The molecule has 0 aromatic heterocycles. The van der Waals surface area contributed by atoms with Gasteiger partial charge in [-0.3, -0.25) is 4.79 Å². The van der Waals surface area contributed by atoms with Crippen LogP contribution in [0.4, 0.5) is 13.2 Å². The highest BCUT2D eigenvalue weighted by Crippen LogP contribution is 2.29. The minimum absolute atomic E-state index is 0.0102. The number of Topliss-reactive ketones (excluding diaryl/α,β-unsaturated/α-hetero) is 1. The molecule has 2 unspecified atom stereocenters. The molecule has 1 aromatic carbocycles.